The van der Waals surface area contributed by atoms with Crippen LogP contribution < -0.4 is 10.1 Å². The van der Waals surface area contributed by atoms with Gasteiger partial charge in [0.1, 0.15) is 0 Å². The van der Waals surface area contributed by atoms with Gasteiger partial charge in [0.15, 0.2) is 0 Å². The van der Waals surface area contributed by atoms with Crippen molar-refractivity contribution in [1.29, 1.82) is 0 Å². The van der Waals surface area contributed by atoms with Crippen molar-refractivity contribution in [2.45, 2.75) is 65.3 Å². The van der Waals surface area contributed by atoms with E-state index < -0.39 is 0 Å². The van der Waals surface area contributed by atoms with E-state index >= 15 is 0 Å². The lowest BCUT2D eigenvalue weighted by atomic mass is 9.87. The molecule has 2 aliphatic rings. The molecule has 6 heteroatoms. The summed E-state index contributed by atoms with van der Waals surface area (Å²) in [4.78, 5) is 31.5. The number of amides is 2. The van der Waals surface area contributed by atoms with Gasteiger partial charge in [-0.2, -0.15) is 0 Å². The minimum atomic E-state index is -0.133. The molecule has 2 fully saturated rings. The van der Waals surface area contributed by atoms with Gasteiger partial charge in [-0.15, -0.1) is 0 Å². The Kier molecular flexibility index (Phi) is 6.92. The fourth-order valence-electron chi connectivity index (χ4n) is 4.52. The van der Waals surface area contributed by atoms with E-state index in [1.54, 1.807) is 7.11 Å². The van der Waals surface area contributed by atoms with Crippen molar-refractivity contribution in [3.05, 3.63) is 22.9 Å². The first kappa shape index (κ1) is 20.6. The summed E-state index contributed by atoms with van der Waals surface area (Å²) in [7, 11) is 1.60. The summed E-state index contributed by atoms with van der Waals surface area (Å²) in [6.07, 6.45) is 7.37. The van der Waals surface area contributed by atoms with Crippen LogP contribution in [0, 0.1) is 25.7 Å². The van der Waals surface area contributed by atoms with Gasteiger partial charge in [-0.3, -0.25) is 9.59 Å². The SMILES string of the molecule is COc1nc(C)cc(C)c1CNC(=O)[C@H]1CCC(=O)N(CC2CCCCC2)C1. The molecule has 0 bridgehead atoms. The Morgan fingerprint density at radius 2 is 2.00 bits per heavy atom. The van der Waals surface area contributed by atoms with Crippen molar-refractivity contribution < 1.29 is 14.3 Å². The molecular weight excluding hydrogens is 354 g/mol. The number of hydrogen-bond donors (Lipinski definition) is 1. The van der Waals surface area contributed by atoms with E-state index in [-0.39, 0.29) is 17.7 Å². The maximum absolute atomic E-state index is 12.8. The highest BCUT2D eigenvalue weighted by molar-refractivity contribution is 5.83. The van der Waals surface area contributed by atoms with E-state index in [0.717, 1.165) is 23.4 Å². The lowest BCUT2D eigenvalue weighted by molar-refractivity contribution is -0.139. The quantitative estimate of drug-likeness (QED) is 0.814. The number of rotatable bonds is 6. The Labute approximate surface area is 168 Å². The van der Waals surface area contributed by atoms with E-state index in [1.807, 2.05) is 24.8 Å². The molecule has 1 N–H and O–H groups in total. The minimum Gasteiger partial charge on any atom is -0.481 e. The second-order valence-electron chi connectivity index (χ2n) is 8.32. The Hall–Kier alpha value is -2.11. The molecule has 0 spiro atoms. The zero-order valence-electron chi connectivity index (χ0n) is 17.4. The number of nitrogens with zero attached hydrogens (tertiary/aromatic N) is 2. The number of aromatic nitrogens is 1. The third-order valence-corrected chi connectivity index (χ3v) is 6.14. The molecule has 0 unspecified atom stereocenters. The van der Waals surface area contributed by atoms with Crippen LogP contribution in [0.25, 0.3) is 0 Å². The van der Waals surface area contributed by atoms with Gasteiger partial charge in [0, 0.05) is 37.3 Å². The highest BCUT2D eigenvalue weighted by atomic mass is 16.5. The number of pyridine rings is 1. The van der Waals surface area contributed by atoms with Gasteiger partial charge >= 0.3 is 0 Å². The number of ether oxygens (including phenoxy) is 1. The third kappa shape index (κ3) is 5.03. The molecule has 1 saturated heterocycles. The van der Waals surface area contributed by atoms with Gasteiger partial charge in [0.25, 0.3) is 0 Å². The molecule has 1 aliphatic carbocycles. The average molecular weight is 388 g/mol. The van der Waals surface area contributed by atoms with Gasteiger partial charge in [0.05, 0.1) is 13.0 Å². The number of piperidine rings is 1. The molecular formula is C22H33N3O3. The number of carbonyl (C=O) groups excluding carboxylic acids is 2. The van der Waals surface area contributed by atoms with E-state index in [1.165, 1.54) is 32.1 Å². The molecule has 2 heterocycles. The Morgan fingerprint density at radius 3 is 2.71 bits per heavy atom. The zero-order valence-corrected chi connectivity index (χ0v) is 17.4. The van der Waals surface area contributed by atoms with Crippen LogP contribution in [-0.2, 0) is 16.1 Å². The largest absolute Gasteiger partial charge is 0.481 e. The molecule has 1 saturated carbocycles. The first-order chi connectivity index (χ1) is 13.5. The summed E-state index contributed by atoms with van der Waals surface area (Å²) in [5.74, 6) is 1.25. The van der Waals surface area contributed by atoms with Crippen molar-refractivity contribution in [3.8, 4) is 5.88 Å². The Morgan fingerprint density at radius 1 is 1.25 bits per heavy atom. The fourth-order valence-corrected chi connectivity index (χ4v) is 4.52. The topological polar surface area (TPSA) is 71.5 Å². The summed E-state index contributed by atoms with van der Waals surface area (Å²) in [5.41, 5.74) is 2.86. The van der Waals surface area contributed by atoms with Gasteiger partial charge in [0.2, 0.25) is 17.7 Å². The van der Waals surface area contributed by atoms with Gasteiger partial charge in [-0.25, -0.2) is 4.98 Å². The monoisotopic (exact) mass is 387 g/mol. The Balaban J connectivity index is 1.57. The lowest BCUT2D eigenvalue weighted by Gasteiger charge is -2.35. The number of carbonyl (C=O) groups is 2. The van der Waals surface area contributed by atoms with Crippen molar-refractivity contribution in [3.63, 3.8) is 0 Å². The normalized spacial score (nSPS) is 20.9. The first-order valence-electron chi connectivity index (χ1n) is 10.5. The second-order valence-corrected chi connectivity index (χ2v) is 8.32. The van der Waals surface area contributed by atoms with Gasteiger partial charge in [-0.05, 0) is 50.7 Å². The highest BCUT2D eigenvalue weighted by Gasteiger charge is 2.31. The number of hydrogen-bond acceptors (Lipinski definition) is 4. The summed E-state index contributed by atoms with van der Waals surface area (Å²) in [6, 6.07) is 2.00. The standard InChI is InChI=1S/C22H33N3O3/c1-15-11-16(2)24-22(28-3)19(15)12-23-21(27)18-9-10-20(26)25(14-18)13-17-7-5-4-6-8-17/h11,17-18H,4-10,12-14H2,1-3H3,(H,23,27)/t18-/m0/s1. The number of nitrogens with one attached hydrogen (secondary N) is 1. The van der Waals surface area contributed by atoms with Crippen molar-refractivity contribution in [2.24, 2.45) is 11.8 Å². The molecule has 1 aromatic rings. The second kappa shape index (κ2) is 9.39. The van der Waals surface area contributed by atoms with Crippen LogP contribution in [0.1, 0.15) is 61.8 Å². The average Bonchev–Trinajstić information content (AvgIpc) is 2.69. The number of likely N-dealkylation sites (tertiary alicyclic amines) is 1. The molecule has 28 heavy (non-hydrogen) atoms. The van der Waals surface area contributed by atoms with E-state index in [0.29, 0.717) is 37.7 Å². The van der Waals surface area contributed by atoms with Gasteiger partial charge in [-0.1, -0.05) is 19.3 Å². The van der Waals surface area contributed by atoms with Crippen molar-refractivity contribution in [2.75, 3.05) is 20.2 Å². The van der Waals surface area contributed by atoms with Crippen LogP contribution in [0.4, 0.5) is 0 Å². The maximum atomic E-state index is 12.8. The van der Waals surface area contributed by atoms with Crippen LogP contribution in [0.5, 0.6) is 5.88 Å². The predicted molar refractivity (Wildman–Crippen MR) is 108 cm³/mol. The number of methoxy groups -OCH3 is 1. The number of aryl methyl sites for hydroxylation is 2. The van der Waals surface area contributed by atoms with Crippen molar-refractivity contribution >= 4 is 11.8 Å². The molecule has 1 aromatic heterocycles. The highest BCUT2D eigenvalue weighted by Crippen LogP contribution is 2.27. The van der Waals surface area contributed by atoms with Crippen LogP contribution in [-0.4, -0.2) is 41.9 Å². The van der Waals surface area contributed by atoms with Crippen LogP contribution >= 0.6 is 0 Å². The third-order valence-electron chi connectivity index (χ3n) is 6.14. The summed E-state index contributed by atoms with van der Waals surface area (Å²) in [5, 5.41) is 3.05. The van der Waals surface area contributed by atoms with E-state index in [9.17, 15) is 9.59 Å². The molecule has 1 atom stereocenters. The molecule has 0 radical (unpaired) electrons. The van der Waals surface area contributed by atoms with Gasteiger partial charge < -0.3 is 15.0 Å². The Bertz CT molecular complexity index is 713. The molecule has 0 aromatic carbocycles. The molecule has 154 valence electrons. The predicted octanol–water partition coefficient (Wildman–Crippen LogP) is 3.14. The molecule has 3 rings (SSSR count). The minimum absolute atomic E-state index is 0.0168. The fraction of sp³-hybridized carbons (Fsp3) is 0.682. The molecule has 6 nitrogen and oxygen atoms in total. The maximum Gasteiger partial charge on any atom is 0.225 e. The summed E-state index contributed by atoms with van der Waals surface area (Å²) < 4.78 is 5.39. The smallest absolute Gasteiger partial charge is 0.225 e. The summed E-state index contributed by atoms with van der Waals surface area (Å²) >= 11 is 0. The summed E-state index contributed by atoms with van der Waals surface area (Å²) in [6.45, 7) is 5.69. The van der Waals surface area contributed by atoms with Crippen molar-refractivity contribution in [1.82, 2.24) is 15.2 Å². The van der Waals surface area contributed by atoms with Crippen LogP contribution in [0.15, 0.2) is 6.07 Å². The first-order valence-corrected chi connectivity index (χ1v) is 10.5. The zero-order chi connectivity index (χ0) is 20.1. The van der Waals surface area contributed by atoms with Crippen LogP contribution in [0.3, 0.4) is 0 Å². The van der Waals surface area contributed by atoms with E-state index in [2.05, 4.69) is 10.3 Å². The van der Waals surface area contributed by atoms with E-state index in [4.69, 9.17) is 4.74 Å². The lowest BCUT2D eigenvalue weighted by Crippen LogP contribution is -2.47. The molecule has 1 aliphatic heterocycles. The molecule has 2 amide bonds. The van der Waals surface area contributed by atoms with Crippen LogP contribution in [0.2, 0.25) is 0 Å².